The summed E-state index contributed by atoms with van der Waals surface area (Å²) in [6, 6.07) is 10.3. The minimum Gasteiger partial charge on any atom is -0.480 e. The summed E-state index contributed by atoms with van der Waals surface area (Å²) in [6.45, 7) is 1.78. The van der Waals surface area contributed by atoms with E-state index in [4.69, 9.17) is 19.9 Å². The fourth-order valence-corrected chi connectivity index (χ4v) is 4.61. The predicted octanol–water partition coefficient (Wildman–Crippen LogP) is 1.36. The lowest BCUT2D eigenvalue weighted by atomic mass is 9.92. The number of sulfonamides is 1. The highest BCUT2D eigenvalue weighted by atomic mass is 32.2. The number of carboxylic acids is 1. The molecular formula is C20H21FN2O8S. The number of nitrogens with one attached hydrogen (secondary N) is 1. The average molecular weight is 468 g/mol. The van der Waals surface area contributed by atoms with Crippen LogP contribution in [0.5, 0.6) is 11.5 Å². The average Bonchev–Trinajstić information content (AvgIpc) is 3.09. The number of hydrogen-bond acceptors (Lipinski definition) is 7. The van der Waals surface area contributed by atoms with Crippen molar-refractivity contribution in [1.82, 2.24) is 4.72 Å². The Hall–Kier alpha value is -3.06. The molecule has 4 N–H and O–H groups in total. The van der Waals surface area contributed by atoms with Gasteiger partial charge in [-0.15, -0.1) is 0 Å². The highest BCUT2D eigenvalue weighted by molar-refractivity contribution is 7.89. The van der Waals surface area contributed by atoms with Gasteiger partial charge in [0.2, 0.25) is 15.9 Å². The van der Waals surface area contributed by atoms with Crippen molar-refractivity contribution in [2.24, 2.45) is 5.73 Å². The van der Waals surface area contributed by atoms with Crippen LogP contribution in [0.25, 0.3) is 0 Å². The number of halogens is 1. The molecule has 3 atom stereocenters. The van der Waals surface area contributed by atoms with Gasteiger partial charge in [-0.25, -0.2) is 12.8 Å². The Bertz CT molecular complexity index is 1090. The number of nitrogens with two attached hydrogens (primary N) is 1. The molecular weight excluding hydrogens is 447 g/mol. The molecule has 1 heterocycles. The van der Waals surface area contributed by atoms with E-state index in [1.807, 2.05) is 0 Å². The number of hydrogen-bond donors (Lipinski definition) is 3. The van der Waals surface area contributed by atoms with Gasteiger partial charge >= 0.3 is 5.97 Å². The van der Waals surface area contributed by atoms with E-state index < -0.39 is 52.1 Å². The zero-order valence-corrected chi connectivity index (χ0v) is 17.7. The van der Waals surface area contributed by atoms with Gasteiger partial charge in [-0.1, -0.05) is 0 Å². The highest BCUT2D eigenvalue weighted by Gasteiger charge is 2.59. The smallest absolute Gasteiger partial charge is 0.328 e. The van der Waals surface area contributed by atoms with Crippen molar-refractivity contribution in [1.29, 1.82) is 0 Å². The first-order valence-corrected chi connectivity index (χ1v) is 10.9. The van der Waals surface area contributed by atoms with E-state index in [2.05, 4.69) is 4.72 Å². The maximum atomic E-state index is 13.0. The summed E-state index contributed by atoms with van der Waals surface area (Å²) in [5.41, 5.74) is 2.92. The van der Waals surface area contributed by atoms with Gasteiger partial charge in [0.25, 0.3) is 0 Å². The molecule has 12 heteroatoms. The summed E-state index contributed by atoms with van der Waals surface area (Å²) in [7, 11) is -4.43. The molecule has 0 bridgehead atoms. The molecule has 1 saturated heterocycles. The van der Waals surface area contributed by atoms with Crippen LogP contribution < -0.4 is 15.2 Å². The van der Waals surface area contributed by atoms with Crippen LogP contribution in [-0.4, -0.2) is 49.9 Å². The molecule has 32 heavy (non-hydrogen) atoms. The van der Waals surface area contributed by atoms with E-state index in [-0.39, 0.29) is 17.3 Å². The maximum Gasteiger partial charge on any atom is 0.328 e. The van der Waals surface area contributed by atoms with E-state index in [0.717, 1.165) is 0 Å². The lowest BCUT2D eigenvalue weighted by Crippen LogP contribution is -2.62. The molecule has 0 aromatic heterocycles. The van der Waals surface area contributed by atoms with E-state index >= 15 is 0 Å². The number of ether oxygens (including phenoxy) is 3. The number of benzene rings is 2. The first-order valence-electron chi connectivity index (χ1n) is 9.44. The van der Waals surface area contributed by atoms with Crippen LogP contribution in [0.15, 0.2) is 53.4 Å². The third-order valence-electron chi connectivity index (χ3n) is 4.72. The molecule has 0 saturated carbocycles. The Balaban J connectivity index is 1.85. The standard InChI is InChI=1S/C20H21FN2O8S/c1-2-29-16-11-20(19(25)26,17(31-16)18(22)24)23-32(27,28)15-9-7-14(8-10-15)30-13-5-3-12(21)4-6-13/h3-10,16-17,23H,2,11H2,1H3,(H2,22,24)(H,25,26). The summed E-state index contributed by atoms with van der Waals surface area (Å²) in [6.07, 6.45) is -3.38. The molecule has 172 valence electrons. The Kier molecular flexibility index (Phi) is 6.79. The van der Waals surface area contributed by atoms with Crippen molar-refractivity contribution in [3.63, 3.8) is 0 Å². The second kappa shape index (κ2) is 9.20. The van der Waals surface area contributed by atoms with Gasteiger partial charge in [-0.05, 0) is 55.5 Å². The zero-order chi connectivity index (χ0) is 23.5. The van der Waals surface area contributed by atoms with Crippen molar-refractivity contribution in [3.8, 4) is 11.5 Å². The highest BCUT2D eigenvalue weighted by Crippen LogP contribution is 2.34. The molecule has 2 aromatic carbocycles. The molecule has 0 radical (unpaired) electrons. The molecule has 2 aromatic rings. The molecule has 1 amide bonds. The van der Waals surface area contributed by atoms with Crippen molar-refractivity contribution in [2.45, 2.75) is 36.2 Å². The van der Waals surface area contributed by atoms with E-state index in [0.29, 0.717) is 5.75 Å². The minimum atomic E-state index is -4.43. The normalized spacial score (nSPS) is 23.1. The van der Waals surface area contributed by atoms with Crippen LogP contribution in [0.3, 0.4) is 0 Å². The number of amides is 1. The quantitative estimate of drug-likeness (QED) is 0.498. The third-order valence-corrected chi connectivity index (χ3v) is 6.24. The first kappa shape index (κ1) is 23.6. The van der Waals surface area contributed by atoms with E-state index in [1.54, 1.807) is 6.92 Å². The van der Waals surface area contributed by atoms with Crippen molar-refractivity contribution in [2.75, 3.05) is 6.61 Å². The SMILES string of the molecule is CCOC1CC(NS(=O)(=O)c2ccc(Oc3ccc(F)cc3)cc2)(C(=O)O)C(C(N)=O)O1. The second-order valence-electron chi connectivity index (χ2n) is 6.92. The molecule has 10 nitrogen and oxygen atoms in total. The van der Waals surface area contributed by atoms with Gasteiger partial charge < -0.3 is 25.1 Å². The minimum absolute atomic E-state index is 0.147. The van der Waals surface area contributed by atoms with Crippen molar-refractivity contribution >= 4 is 21.9 Å². The zero-order valence-electron chi connectivity index (χ0n) is 16.9. The Morgan fingerprint density at radius 2 is 1.75 bits per heavy atom. The fraction of sp³-hybridized carbons (Fsp3) is 0.300. The van der Waals surface area contributed by atoms with Crippen molar-refractivity contribution < 1.29 is 41.7 Å². The van der Waals surface area contributed by atoms with Gasteiger partial charge in [0.1, 0.15) is 17.3 Å². The number of primary amides is 1. The molecule has 1 fully saturated rings. The van der Waals surface area contributed by atoms with Gasteiger partial charge in [0, 0.05) is 13.0 Å². The van der Waals surface area contributed by atoms with E-state index in [9.17, 15) is 27.5 Å². The Labute approximate surface area is 183 Å². The third kappa shape index (κ3) is 4.88. The lowest BCUT2D eigenvalue weighted by Gasteiger charge is -2.28. The van der Waals surface area contributed by atoms with Crippen LogP contribution in [0.1, 0.15) is 13.3 Å². The van der Waals surface area contributed by atoms with Crippen LogP contribution in [0, 0.1) is 5.82 Å². The Morgan fingerprint density at radius 3 is 2.25 bits per heavy atom. The molecule has 3 unspecified atom stereocenters. The Morgan fingerprint density at radius 1 is 1.19 bits per heavy atom. The molecule has 3 rings (SSSR count). The van der Waals surface area contributed by atoms with Crippen LogP contribution in [-0.2, 0) is 29.1 Å². The summed E-state index contributed by atoms with van der Waals surface area (Å²) < 4.78 is 56.9. The topological polar surface area (TPSA) is 154 Å². The second-order valence-corrected chi connectivity index (χ2v) is 8.60. The number of carbonyl (C=O) groups excluding carboxylic acids is 1. The fourth-order valence-electron chi connectivity index (χ4n) is 3.24. The molecule has 0 aliphatic carbocycles. The summed E-state index contributed by atoms with van der Waals surface area (Å²) >= 11 is 0. The van der Waals surface area contributed by atoms with Gasteiger partial charge in [0.05, 0.1) is 4.90 Å². The van der Waals surface area contributed by atoms with Crippen LogP contribution >= 0.6 is 0 Å². The molecule has 0 spiro atoms. The maximum absolute atomic E-state index is 13.0. The predicted molar refractivity (Wildman–Crippen MR) is 108 cm³/mol. The van der Waals surface area contributed by atoms with Crippen LogP contribution in [0.4, 0.5) is 4.39 Å². The molecule has 1 aliphatic heterocycles. The van der Waals surface area contributed by atoms with Crippen molar-refractivity contribution in [3.05, 3.63) is 54.3 Å². The van der Waals surface area contributed by atoms with Crippen LogP contribution in [0.2, 0.25) is 0 Å². The number of rotatable bonds is 9. The van der Waals surface area contributed by atoms with Gasteiger partial charge in [-0.2, -0.15) is 4.72 Å². The number of carboxylic acid groups (broad SMARTS) is 1. The number of carbonyl (C=O) groups is 2. The van der Waals surface area contributed by atoms with Gasteiger partial charge in [0.15, 0.2) is 17.9 Å². The monoisotopic (exact) mass is 468 g/mol. The van der Waals surface area contributed by atoms with E-state index in [1.165, 1.54) is 48.5 Å². The summed E-state index contributed by atoms with van der Waals surface area (Å²) in [5, 5.41) is 9.79. The largest absolute Gasteiger partial charge is 0.480 e. The van der Waals surface area contributed by atoms with Gasteiger partial charge in [-0.3, -0.25) is 9.59 Å². The number of aliphatic carboxylic acids is 1. The summed E-state index contributed by atoms with van der Waals surface area (Å²) in [4.78, 5) is 23.6. The first-order chi connectivity index (χ1) is 15.1. The lowest BCUT2D eigenvalue weighted by molar-refractivity contribution is -0.158. The summed E-state index contributed by atoms with van der Waals surface area (Å²) in [5.74, 6) is -2.63. The molecule has 1 aliphatic rings.